The molecule has 36 heavy (non-hydrogen) atoms. The van der Waals surface area contributed by atoms with Crippen LogP contribution in [0.25, 0.3) is 0 Å². The molecule has 1 saturated heterocycles. The molecule has 7 heteroatoms. The number of hydrogen-bond acceptors (Lipinski definition) is 4. The van der Waals surface area contributed by atoms with Crippen LogP contribution in [0.2, 0.25) is 5.02 Å². The van der Waals surface area contributed by atoms with E-state index in [1.54, 1.807) is 30.3 Å². The summed E-state index contributed by atoms with van der Waals surface area (Å²) < 4.78 is 0. The van der Waals surface area contributed by atoms with Gasteiger partial charge in [-0.15, -0.1) is 0 Å². The van der Waals surface area contributed by atoms with E-state index < -0.39 is 0 Å². The van der Waals surface area contributed by atoms with Crippen molar-refractivity contribution in [1.82, 2.24) is 9.80 Å². The maximum Gasteiger partial charge on any atom is 0.254 e. The minimum Gasteiger partial charge on any atom is -0.365 e. The molecule has 2 aliphatic heterocycles. The van der Waals surface area contributed by atoms with Gasteiger partial charge in [-0.25, -0.2) is 0 Å². The molecule has 3 aromatic carbocycles. The molecule has 5 rings (SSSR count). The van der Waals surface area contributed by atoms with Gasteiger partial charge in [-0.05, 0) is 72.5 Å². The topological polar surface area (TPSA) is 67.7 Å². The molecule has 0 bridgehead atoms. The third-order valence-electron chi connectivity index (χ3n) is 6.90. The number of carbonyl (C=O) groups excluding carboxylic acids is 2. The van der Waals surface area contributed by atoms with Gasteiger partial charge in [0.25, 0.3) is 11.8 Å². The highest BCUT2D eigenvalue weighted by Crippen LogP contribution is 2.29. The van der Waals surface area contributed by atoms with E-state index in [9.17, 15) is 14.9 Å². The predicted molar refractivity (Wildman–Crippen MR) is 140 cm³/mol. The van der Waals surface area contributed by atoms with Crippen LogP contribution in [0.5, 0.6) is 0 Å². The first-order valence-corrected chi connectivity index (χ1v) is 12.6. The van der Waals surface area contributed by atoms with Crippen molar-refractivity contribution in [3.8, 4) is 6.07 Å². The van der Waals surface area contributed by atoms with Crippen molar-refractivity contribution in [2.45, 2.75) is 25.9 Å². The molecular formula is C29H27ClN4O2. The molecule has 0 aliphatic carbocycles. The van der Waals surface area contributed by atoms with Gasteiger partial charge in [0.15, 0.2) is 0 Å². The first-order chi connectivity index (χ1) is 17.5. The maximum atomic E-state index is 13.2. The second kappa shape index (κ2) is 10.4. The Morgan fingerprint density at radius 2 is 1.44 bits per heavy atom. The van der Waals surface area contributed by atoms with Crippen molar-refractivity contribution in [3.05, 3.63) is 99.6 Å². The largest absolute Gasteiger partial charge is 0.365 e. The number of halogens is 1. The lowest BCUT2D eigenvalue weighted by Gasteiger charge is -2.25. The van der Waals surface area contributed by atoms with E-state index in [1.165, 1.54) is 0 Å². The third kappa shape index (κ3) is 5.07. The van der Waals surface area contributed by atoms with Crippen LogP contribution < -0.4 is 4.90 Å². The van der Waals surface area contributed by atoms with Crippen LogP contribution in [0.1, 0.15) is 50.2 Å². The van der Waals surface area contributed by atoms with Crippen molar-refractivity contribution in [2.75, 3.05) is 31.1 Å². The van der Waals surface area contributed by atoms with Gasteiger partial charge < -0.3 is 14.7 Å². The quantitative estimate of drug-likeness (QED) is 0.501. The number of carbonyl (C=O) groups is 2. The molecule has 0 spiro atoms. The number of rotatable bonds is 4. The first kappa shape index (κ1) is 23.9. The van der Waals surface area contributed by atoms with Gasteiger partial charge in [0.05, 0.1) is 11.6 Å². The molecule has 2 aliphatic rings. The predicted octanol–water partition coefficient (Wildman–Crippen LogP) is 5.11. The number of amides is 2. The molecule has 3 aromatic rings. The fourth-order valence-corrected chi connectivity index (χ4v) is 5.02. The molecule has 0 saturated carbocycles. The van der Waals surface area contributed by atoms with Crippen LogP contribution in [0, 0.1) is 11.3 Å². The highest BCUT2D eigenvalue weighted by atomic mass is 35.5. The smallest absolute Gasteiger partial charge is 0.254 e. The number of anilines is 1. The lowest BCUT2D eigenvalue weighted by atomic mass is 10.1. The zero-order valence-electron chi connectivity index (χ0n) is 20.0. The number of nitrogens with zero attached hydrogens (tertiary/aromatic N) is 4. The van der Waals surface area contributed by atoms with Crippen LogP contribution in [0.15, 0.2) is 66.7 Å². The Kier molecular flexibility index (Phi) is 6.92. The Labute approximate surface area is 216 Å². The SMILES string of the molecule is N#Cc1ccc2c(c1)N(Cc1ccc(C(=O)N3CCCC3)cc1)CCN(C(=O)c1ccc(Cl)cc1)C2. The fraction of sp³-hybridized carbons (Fsp3) is 0.276. The normalized spacial score (nSPS) is 15.3. The molecule has 1 fully saturated rings. The summed E-state index contributed by atoms with van der Waals surface area (Å²) in [4.78, 5) is 31.9. The van der Waals surface area contributed by atoms with Gasteiger partial charge >= 0.3 is 0 Å². The Bertz CT molecular complexity index is 1310. The molecule has 0 aromatic heterocycles. The van der Waals surface area contributed by atoms with Gasteiger partial charge in [0, 0.05) is 61.1 Å². The summed E-state index contributed by atoms with van der Waals surface area (Å²) in [5, 5.41) is 10.1. The highest BCUT2D eigenvalue weighted by molar-refractivity contribution is 6.30. The number of hydrogen-bond donors (Lipinski definition) is 0. The van der Waals surface area contributed by atoms with Crippen molar-refractivity contribution >= 4 is 29.1 Å². The number of fused-ring (bicyclic) bond motifs is 1. The summed E-state index contributed by atoms with van der Waals surface area (Å²) in [5.41, 5.74) is 4.92. The molecule has 2 heterocycles. The average Bonchev–Trinajstić information content (AvgIpc) is 3.39. The fourth-order valence-electron chi connectivity index (χ4n) is 4.90. The van der Waals surface area contributed by atoms with Crippen LogP contribution in [0.3, 0.4) is 0 Å². The second-order valence-corrected chi connectivity index (χ2v) is 9.74. The van der Waals surface area contributed by atoms with Crippen molar-refractivity contribution in [3.63, 3.8) is 0 Å². The van der Waals surface area contributed by atoms with Gasteiger partial charge in [-0.1, -0.05) is 29.8 Å². The van der Waals surface area contributed by atoms with Crippen molar-refractivity contribution in [1.29, 1.82) is 5.26 Å². The van der Waals surface area contributed by atoms with E-state index in [-0.39, 0.29) is 11.8 Å². The third-order valence-corrected chi connectivity index (χ3v) is 7.15. The number of likely N-dealkylation sites (tertiary alicyclic amines) is 1. The van der Waals surface area contributed by atoms with Gasteiger partial charge in [-0.2, -0.15) is 5.26 Å². The molecule has 6 nitrogen and oxygen atoms in total. The second-order valence-electron chi connectivity index (χ2n) is 9.31. The van der Waals surface area contributed by atoms with E-state index in [0.717, 1.165) is 42.7 Å². The summed E-state index contributed by atoms with van der Waals surface area (Å²) in [6.45, 7) is 3.90. The number of benzene rings is 3. The summed E-state index contributed by atoms with van der Waals surface area (Å²) >= 11 is 6.00. The zero-order valence-corrected chi connectivity index (χ0v) is 20.7. The molecule has 0 atom stereocenters. The molecule has 0 unspecified atom stereocenters. The lowest BCUT2D eigenvalue weighted by Crippen LogP contribution is -2.35. The summed E-state index contributed by atoms with van der Waals surface area (Å²) in [6, 6.07) is 22.6. The van der Waals surface area contributed by atoms with E-state index in [1.807, 2.05) is 46.2 Å². The lowest BCUT2D eigenvalue weighted by molar-refractivity contribution is 0.0750. The van der Waals surface area contributed by atoms with E-state index in [0.29, 0.717) is 47.9 Å². The highest BCUT2D eigenvalue weighted by Gasteiger charge is 2.25. The van der Waals surface area contributed by atoms with Crippen LogP contribution in [-0.4, -0.2) is 47.8 Å². The first-order valence-electron chi connectivity index (χ1n) is 12.2. The molecule has 0 N–H and O–H groups in total. The van der Waals surface area contributed by atoms with E-state index >= 15 is 0 Å². The minimum absolute atomic E-state index is 0.0476. The maximum absolute atomic E-state index is 13.2. The minimum atomic E-state index is -0.0476. The Morgan fingerprint density at radius 3 is 2.11 bits per heavy atom. The summed E-state index contributed by atoms with van der Waals surface area (Å²) in [7, 11) is 0. The van der Waals surface area contributed by atoms with Gasteiger partial charge in [-0.3, -0.25) is 9.59 Å². The summed E-state index contributed by atoms with van der Waals surface area (Å²) in [5.74, 6) is 0.0442. The molecular weight excluding hydrogens is 472 g/mol. The Morgan fingerprint density at radius 1 is 0.806 bits per heavy atom. The Hall–Kier alpha value is -3.82. The molecule has 182 valence electrons. The van der Waals surface area contributed by atoms with Crippen LogP contribution in [-0.2, 0) is 13.1 Å². The van der Waals surface area contributed by atoms with E-state index in [2.05, 4.69) is 11.0 Å². The molecule has 2 amide bonds. The van der Waals surface area contributed by atoms with Gasteiger partial charge in [0.1, 0.15) is 0 Å². The standard InChI is InChI=1S/C29H27ClN4O2/c30-26-11-9-24(10-12-26)29(36)34-16-15-33(27-17-22(18-31)5-8-25(27)20-34)19-21-3-6-23(7-4-21)28(35)32-13-1-2-14-32/h3-12,17H,1-2,13-16,19-20H2. The van der Waals surface area contributed by atoms with Crippen molar-refractivity contribution < 1.29 is 9.59 Å². The Balaban J connectivity index is 1.37. The monoisotopic (exact) mass is 498 g/mol. The molecule has 0 radical (unpaired) electrons. The summed E-state index contributed by atoms with van der Waals surface area (Å²) in [6.07, 6.45) is 2.14. The zero-order chi connectivity index (χ0) is 25.1. The van der Waals surface area contributed by atoms with Gasteiger partial charge in [0.2, 0.25) is 0 Å². The van der Waals surface area contributed by atoms with Crippen molar-refractivity contribution in [2.24, 2.45) is 0 Å². The van der Waals surface area contributed by atoms with Crippen LogP contribution >= 0.6 is 11.6 Å². The van der Waals surface area contributed by atoms with E-state index in [4.69, 9.17) is 11.6 Å². The average molecular weight is 499 g/mol. The number of nitriles is 1. The van der Waals surface area contributed by atoms with Crippen LogP contribution in [0.4, 0.5) is 5.69 Å².